The first kappa shape index (κ1) is 13.2. The third kappa shape index (κ3) is 4.30. The van der Waals surface area contributed by atoms with Crippen LogP contribution in [0.15, 0.2) is 28.7 Å². The summed E-state index contributed by atoms with van der Waals surface area (Å²) in [6, 6.07) is 7.15. The molecule has 3 N–H and O–H groups in total. The summed E-state index contributed by atoms with van der Waals surface area (Å²) in [4.78, 5) is 10.7. The molecule has 0 heterocycles. The second-order valence-electron chi connectivity index (χ2n) is 3.56. The van der Waals surface area contributed by atoms with E-state index in [1.807, 2.05) is 0 Å². The molecule has 0 saturated heterocycles. The van der Waals surface area contributed by atoms with Crippen LogP contribution >= 0.6 is 15.9 Å². The Labute approximate surface area is 102 Å². The Kier molecular flexibility index (Phi) is 4.92. The molecule has 1 rings (SSSR count). The molecular weight excluding hydrogens is 276 g/mol. The highest BCUT2D eigenvalue weighted by Crippen LogP contribution is 2.26. The van der Waals surface area contributed by atoms with E-state index >= 15 is 0 Å². The van der Waals surface area contributed by atoms with Crippen LogP contribution in [0.3, 0.4) is 0 Å². The number of hydrogen-bond donors (Lipinski definition) is 3. The van der Waals surface area contributed by atoms with E-state index in [1.165, 1.54) is 0 Å². The predicted molar refractivity (Wildman–Crippen MR) is 62.0 cm³/mol. The summed E-state index contributed by atoms with van der Waals surface area (Å²) in [7, 11) is 0. The minimum absolute atomic E-state index is 0.0218. The number of hydrogen-bond acceptors (Lipinski definition) is 3. The molecular formula is C11H13BrO4. The lowest BCUT2D eigenvalue weighted by Gasteiger charge is -2.16. The standard InChI is InChI=1S/C11H13BrO4/c12-9-3-1-7(2-4-9)8(5-10(13)14)6-11(15)16/h1-4,8,10,13-14H,5-6H2,(H,15,16). The zero-order valence-corrected chi connectivity index (χ0v) is 10.1. The van der Waals surface area contributed by atoms with Gasteiger partial charge in [0.15, 0.2) is 6.29 Å². The van der Waals surface area contributed by atoms with Crippen molar-refractivity contribution in [1.82, 2.24) is 0 Å². The van der Waals surface area contributed by atoms with E-state index in [0.29, 0.717) is 0 Å². The van der Waals surface area contributed by atoms with E-state index in [-0.39, 0.29) is 18.8 Å². The normalized spacial score (nSPS) is 12.8. The number of rotatable bonds is 5. The van der Waals surface area contributed by atoms with Crippen molar-refractivity contribution in [2.75, 3.05) is 0 Å². The highest BCUT2D eigenvalue weighted by Gasteiger charge is 2.18. The Balaban J connectivity index is 2.82. The van der Waals surface area contributed by atoms with Crippen LogP contribution in [0.25, 0.3) is 0 Å². The molecule has 0 bridgehead atoms. The van der Waals surface area contributed by atoms with Gasteiger partial charge in [-0.05, 0) is 23.6 Å². The Morgan fingerprint density at radius 2 is 1.81 bits per heavy atom. The van der Waals surface area contributed by atoms with Crippen LogP contribution in [0.2, 0.25) is 0 Å². The molecule has 0 radical (unpaired) electrons. The van der Waals surface area contributed by atoms with E-state index in [4.69, 9.17) is 15.3 Å². The number of benzene rings is 1. The Morgan fingerprint density at radius 3 is 2.25 bits per heavy atom. The number of aliphatic carboxylic acids is 1. The summed E-state index contributed by atoms with van der Waals surface area (Å²) < 4.78 is 0.898. The van der Waals surface area contributed by atoms with Crippen LogP contribution in [0.4, 0.5) is 0 Å². The lowest BCUT2D eigenvalue weighted by Crippen LogP contribution is -2.14. The van der Waals surface area contributed by atoms with Gasteiger partial charge in [-0.1, -0.05) is 28.1 Å². The Hall–Kier alpha value is -0.910. The molecule has 0 spiro atoms. The van der Waals surface area contributed by atoms with Gasteiger partial charge in [-0.2, -0.15) is 0 Å². The number of aliphatic hydroxyl groups excluding tert-OH is 1. The summed E-state index contributed by atoms with van der Waals surface area (Å²) in [6.45, 7) is 0. The van der Waals surface area contributed by atoms with Crippen LogP contribution in [-0.2, 0) is 4.79 Å². The van der Waals surface area contributed by atoms with Crippen LogP contribution in [-0.4, -0.2) is 27.6 Å². The zero-order chi connectivity index (χ0) is 12.1. The highest BCUT2D eigenvalue weighted by atomic mass is 79.9. The summed E-state index contributed by atoms with van der Waals surface area (Å²) in [5, 5.41) is 26.6. The van der Waals surface area contributed by atoms with E-state index < -0.39 is 12.3 Å². The second kappa shape index (κ2) is 5.98. The maximum Gasteiger partial charge on any atom is 0.303 e. The largest absolute Gasteiger partial charge is 0.481 e. The molecule has 0 aromatic heterocycles. The van der Waals surface area contributed by atoms with E-state index in [2.05, 4.69) is 15.9 Å². The Bertz CT molecular complexity index is 348. The number of halogens is 1. The van der Waals surface area contributed by atoms with Gasteiger partial charge >= 0.3 is 5.97 Å². The van der Waals surface area contributed by atoms with Gasteiger partial charge in [0.25, 0.3) is 0 Å². The van der Waals surface area contributed by atoms with Crippen molar-refractivity contribution in [3.05, 3.63) is 34.3 Å². The van der Waals surface area contributed by atoms with Crippen molar-refractivity contribution in [3.8, 4) is 0 Å². The maximum atomic E-state index is 10.7. The quantitative estimate of drug-likeness (QED) is 0.721. The molecule has 0 saturated carbocycles. The molecule has 1 aromatic rings. The molecule has 1 atom stereocenters. The van der Waals surface area contributed by atoms with Gasteiger partial charge in [0, 0.05) is 10.9 Å². The van der Waals surface area contributed by atoms with Gasteiger partial charge < -0.3 is 15.3 Å². The molecule has 1 aromatic carbocycles. The minimum Gasteiger partial charge on any atom is -0.481 e. The molecule has 0 fully saturated rings. The molecule has 0 aliphatic rings. The van der Waals surface area contributed by atoms with Gasteiger partial charge in [0.1, 0.15) is 0 Å². The highest BCUT2D eigenvalue weighted by molar-refractivity contribution is 9.10. The fourth-order valence-corrected chi connectivity index (χ4v) is 1.80. The van der Waals surface area contributed by atoms with Crippen molar-refractivity contribution in [1.29, 1.82) is 0 Å². The molecule has 16 heavy (non-hydrogen) atoms. The molecule has 88 valence electrons. The maximum absolute atomic E-state index is 10.7. The van der Waals surface area contributed by atoms with Crippen LogP contribution in [0.1, 0.15) is 24.3 Å². The van der Waals surface area contributed by atoms with Crippen LogP contribution < -0.4 is 0 Å². The third-order valence-electron chi connectivity index (χ3n) is 2.26. The molecule has 5 heteroatoms. The van der Waals surface area contributed by atoms with Crippen molar-refractivity contribution < 1.29 is 20.1 Å². The fourth-order valence-electron chi connectivity index (χ4n) is 1.54. The van der Waals surface area contributed by atoms with Crippen LogP contribution in [0, 0.1) is 0 Å². The van der Waals surface area contributed by atoms with Crippen LogP contribution in [0.5, 0.6) is 0 Å². The van der Waals surface area contributed by atoms with Gasteiger partial charge in [0.2, 0.25) is 0 Å². The van der Waals surface area contributed by atoms with Crippen molar-refractivity contribution in [2.24, 2.45) is 0 Å². The predicted octanol–water partition coefficient (Wildman–Crippen LogP) is 1.71. The summed E-state index contributed by atoms with van der Waals surface area (Å²) >= 11 is 3.28. The summed E-state index contributed by atoms with van der Waals surface area (Å²) in [5.41, 5.74) is 0.790. The number of aliphatic hydroxyl groups is 2. The van der Waals surface area contributed by atoms with E-state index in [0.717, 1.165) is 10.0 Å². The van der Waals surface area contributed by atoms with Gasteiger partial charge in [-0.15, -0.1) is 0 Å². The van der Waals surface area contributed by atoms with Crippen molar-refractivity contribution in [3.63, 3.8) is 0 Å². The number of carboxylic acids is 1. The molecule has 4 nitrogen and oxygen atoms in total. The number of carboxylic acid groups (broad SMARTS) is 1. The molecule has 0 aliphatic heterocycles. The van der Waals surface area contributed by atoms with Crippen molar-refractivity contribution >= 4 is 21.9 Å². The molecule has 1 unspecified atom stereocenters. The van der Waals surface area contributed by atoms with E-state index in [1.54, 1.807) is 24.3 Å². The summed E-state index contributed by atoms with van der Waals surface area (Å²) in [6.07, 6.45) is -1.58. The Morgan fingerprint density at radius 1 is 1.25 bits per heavy atom. The number of carbonyl (C=O) groups is 1. The average molecular weight is 289 g/mol. The lowest BCUT2D eigenvalue weighted by molar-refractivity contribution is -0.138. The molecule has 0 amide bonds. The first-order chi connectivity index (χ1) is 7.49. The zero-order valence-electron chi connectivity index (χ0n) is 8.51. The van der Waals surface area contributed by atoms with E-state index in [9.17, 15) is 4.79 Å². The topological polar surface area (TPSA) is 77.8 Å². The lowest BCUT2D eigenvalue weighted by atomic mass is 9.92. The first-order valence-electron chi connectivity index (χ1n) is 4.82. The molecule has 0 aliphatic carbocycles. The monoisotopic (exact) mass is 288 g/mol. The van der Waals surface area contributed by atoms with Crippen molar-refractivity contribution in [2.45, 2.75) is 25.0 Å². The second-order valence-corrected chi connectivity index (χ2v) is 4.48. The van der Waals surface area contributed by atoms with Gasteiger partial charge in [-0.25, -0.2) is 0 Å². The fraction of sp³-hybridized carbons (Fsp3) is 0.364. The van der Waals surface area contributed by atoms with Gasteiger partial charge in [0.05, 0.1) is 6.42 Å². The smallest absolute Gasteiger partial charge is 0.303 e. The third-order valence-corrected chi connectivity index (χ3v) is 2.79. The van der Waals surface area contributed by atoms with Gasteiger partial charge in [-0.3, -0.25) is 4.79 Å². The first-order valence-corrected chi connectivity index (χ1v) is 5.61. The summed E-state index contributed by atoms with van der Waals surface area (Å²) in [5.74, 6) is -1.33. The average Bonchev–Trinajstić information content (AvgIpc) is 2.16. The minimum atomic E-state index is -1.49. The SMILES string of the molecule is O=C(O)CC(CC(O)O)c1ccc(Br)cc1.